The van der Waals surface area contributed by atoms with E-state index >= 15 is 0 Å². The molecule has 0 N–H and O–H groups in total. The molecule has 2 unspecified atom stereocenters. The second-order valence-electron chi connectivity index (χ2n) is 16.0. The molecule has 0 aromatic heterocycles. The van der Waals surface area contributed by atoms with E-state index in [0.29, 0.717) is 24.1 Å². The summed E-state index contributed by atoms with van der Waals surface area (Å²) in [6, 6.07) is 0. The van der Waals surface area contributed by atoms with Crippen molar-refractivity contribution in [2.75, 3.05) is 54.1 Å². The first-order chi connectivity index (χ1) is 28.1. The first-order valence-electron chi connectivity index (χ1n) is 22.8. The fourth-order valence-corrected chi connectivity index (χ4v) is 6.41. The van der Waals surface area contributed by atoms with Gasteiger partial charge in [-0.15, -0.1) is 0 Å². The molecule has 0 amide bonds. The second-order valence-corrected chi connectivity index (χ2v) is 17.4. The topological polar surface area (TPSA) is 94.1 Å². The largest absolute Gasteiger partial charge is 0.756 e. The van der Waals surface area contributed by atoms with Crippen LogP contribution in [-0.4, -0.2) is 70.7 Å². The van der Waals surface area contributed by atoms with Crippen molar-refractivity contribution in [1.82, 2.24) is 0 Å². The number of nitrogens with zero attached hydrogens (tertiary/aromatic N) is 1. The number of esters is 1. The number of ether oxygens (including phenoxy) is 2. The van der Waals surface area contributed by atoms with Gasteiger partial charge < -0.3 is 27.9 Å². The number of phosphoric acid groups is 1. The van der Waals surface area contributed by atoms with E-state index in [1.54, 1.807) is 0 Å². The number of carbonyl (C=O) groups excluding carboxylic acids is 1. The molecule has 0 spiro atoms. The summed E-state index contributed by atoms with van der Waals surface area (Å²) in [5, 5.41) is 0. The molecule has 0 fully saturated rings. The van der Waals surface area contributed by atoms with Crippen LogP contribution >= 0.6 is 7.82 Å². The van der Waals surface area contributed by atoms with Crippen molar-refractivity contribution >= 4 is 13.8 Å². The standard InChI is InChI=1S/C49H86NO7P/c1-6-8-10-12-14-16-18-20-22-24-25-26-28-30-32-34-36-38-40-42-49(51)57-48(47-56-58(52,53)55-45-43-50(3,4)5)46-54-44-41-39-37-35-33-31-29-27-23-21-19-17-15-13-11-9-7-2/h8,10,14,16,20,22-23,25-27,30,32,36,38,48H,6-7,9,11-13,15,17-19,21,24,28-29,31,33-35,37,39-47H2,1-5H3/b10-8-,16-14-,22-20-,26-25-,27-23-,32-30-,38-36-. The summed E-state index contributed by atoms with van der Waals surface area (Å²) < 4.78 is 34.5. The smallest absolute Gasteiger partial charge is 0.306 e. The van der Waals surface area contributed by atoms with E-state index < -0.39 is 19.9 Å². The lowest BCUT2D eigenvalue weighted by molar-refractivity contribution is -0.870. The molecule has 58 heavy (non-hydrogen) atoms. The van der Waals surface area contributed by atoms with Gasteiger partial charge >= 0.3 is 5.97 Å². The number of hydrogen-bond acceptors (Lipinski definition) is 7. The normalized spacial score (nSPS) is 14.5. The van der Waals surface area contributed by atoms with Crippen LogP contribution in [0.4, 0.5) is 0 Å². The summed E-state index contributed by atoms with van der Waals surface area (Å²) in [6.07, 6.45) is 54.7. The number of quaternary nitrogens is 1. The molecule has 0 aromatic rings. The van der Waals surface area contributed by atoms with Crippen LogP contribution in [0.2, 0.25) is 0 Å². The number of rotatable bonds is 41. The van der Waals surface area contributed by atoms with Gasteiger partial charge in [-0.3, -0.25) is 9.36 Å². The van der Waals surface area contributed by atoms with Crippen LogP contribution in [0.15, 0.2) is 85.1 Å². The Morgan fingerprint density at radius 3 is 1.50 bits per heavy atom. The summed E-state index contributed by atoms with van der Waals surface area (Å²) >= 11 is 0. The molecule has 0 aliphatic heterocycles. The first-order valence-corrected chi connectivity index (χ1v) is 24.3. The lowest BCUT2D eigenvalue weighted by atomic mass is 10.1. The Balaban J connectivity index is 4.38. The van der Waals surface area contributed by atoms with Crippen LogP contribution in [0.5, 0.6) is 0 Å². The average Bonchev–Trinajstić information content (AvgIpc) is 3.18. The summed E-state index contributed by atoms with van der Waals surface area (Å²) in [5.74, 6) is -0.420. The van der Waals surface area contributed by atoms with Gasteiger partial charge in [0.05, 0.1) is 34.4 Å². The second kappa shape index (κ2) is 41.4. The molecule has 334 valence electrons. The average molecular weight is 832 g/mol. The molecule has 9 heteroatoms. The van der Waals surface area contributed by atoms with Crippen molar-refractivity contribution in [3.63, 3.8) is 0 Å². The van der Waals surface area contributed by atoms with Gasteiger partial charge in [0.2, 0.25) is 0 Å². The molecule has 0 radical (unpaired) electrons. The van der Waals surface area contributed by atoms with E-state index in [9.17, 15) is 14.3 Å². The van der Waals surface area contributed by atoms with Crippen molar-refractivity contribution in [3.05, 3.63) is 85.1 Å². The van der Waals surface area contributed by atoms with Gasteiger partial charge in [0.1, 0.15) is 19.3 Å². The van der Waals surface area contributed by atoms with E-state index in [-0.39, 0.29) is 26.2 Å². The zero-order valence-corrected chi connectivity index (χ0v) is 38.6. The minimum absolute atomic E-state index is 0.00714. The molecule has 0 bridgehead atoms. The van der Waals surface area contributed by atoms with Crippen LogP contribution in [-0.2, 0) is 27.9 Å². The predicted molar refractivity (Wildman–Crippen MR) is 245 cm³/mol. The Hall–Kier alpha value is -2.32. The quantitative estimate of drug-likeness (QED) is 0.0199. The zero-order chi connectivity index (χ0) is 42.7. The Morgan fingerprint density at radius 1 is 0.552 bits per heavy atom. The van der Waals surface area contributed by atoms with Gasteiger partial charge in [0.15, 0.2) is 0 Å². The van der Waals surface area contributed by atoms with E-state index in [1.807, 2.05) is 33.3 Å². The fourth-order valence-electron chi connectivity index (χ4n) is 5.68. The maximum absolute atomic E-state index is 12.7. The number of carbonyl (C=O) groups is 1. The van der Waals surface area contributed by atoms with Gasteiger partial charge in [0.25, 0.3) is 7.82 Å². The molecule has 8 nitrogen and oxygen atoms in total. The fraction of sp³-hybridized carbons (Fsp3) is 0.694. The molecule has 0 aromatic carbocycles. The minimum atomic E-state index is -4.55. The number of allylic oxidation sites excluding steroid dienone is 14. The number of hydrogen-bond donors (Lipinski definition) is 0. The number of unbranched alkanes of at least 4 members (excludes halogenated alkanes) is 13. The zero-order valence-electron chi connectivity index (χ0n) is 37.7. The van der Waals surface area contributed by atoms with Crippen LogP contribution < -0.4 is 4.89 Å². The highest BCUT2D eigenvalue weighted by Crippen LogP contribution is 2.38. The third-order valence-electron chi connectivity index (χ3n) is 9.19. The highest BCUT2D eigenvalue weighted by atomic mass is 31.2. The molecule has 0 aliphatic rings. The Labute approximate surface area is 356 Å². The molecule has 2 atom stereocenters. The van der Waals surface area contributed by atoms with Gasteiger partial charge in [0, 0.05) is 13.0 Å². The van der Waals surface area contributed by atoms with Gasteiger partial charge in [-0.1, -0.05) is 163 Å². The molecule has 0 heterocycles. The van der Waals surface area contributed by atoms with Crippen molar-refractivity contribution in [2.45, 2.75) is 168 Å². The van der Waals surface area contributed by atoms with Crippen LogP contribution in [0.1, 0.15) is 162 Å². The predicted octanol–water partition coefficient (Wildman–Crippen LogP) is 13.0. The molecular weight excluding hydrogens is 746 g/mol. The molecule has 0 aliphatic carbocycles. The maximum atomic E-state index is 12.7. The lowest BCUT2D eigenvalue weighted by Crippen LogP contribution is -2.37. The van der Waals surface area contributed by atoms with E-state index in [2.05, 4.69) is 86.8 Å². The van der Waals surface area contributed by atoms with Crippen molar-refractivity contribution in [1.29, 1.82) is 0 Å². The lowest BCUT2D eigenvalue weighted by Gasteiger charge is -2.28. The molecule has 0 rings (SSSR count). The van der Waals surface area contributed by atoms with Crippen molar-refractivity contribution in [3.8, 4) is 0 Å². The van der Waals surface area contributed by atoms with E-state index in [1.165, 1.54) is 77.0 Å². The van der Waals surface area contributed by atoms with Crippen LogP contribution in [0.25, 0.3) is 0 Å². The van der Waals surface area contributed by atoms with E-state index in [0.717, 1.165) is 57.8 Å². The Morgan fingerprint density at radius 2 is 1.00 bits per heavy atom. The molecule has 0 saturated heterocycles. The Kier molecular flexibility index (Phi) is 39.8. The van der Waals surface area contributed by atoms with Crippen LogP contribution in [0.3, 0.4) is 0 Å². The van der Waals surface area contributed by atoms with Gasteiger partial charge in [-0.2, -0.15) is 0 Å². The van der Waals surface area contributed by atoms with Crippen molar-refractivity contribution in [2.24, 2.45) is 0 Å². The summed E-state index contributed by atoms with van der Waals surface area (Å²) in [6.45, 7) is 5.16. The Bertz CT molecular complexity index is 1200. The number of phosphoric ester groups is 1. The third-order valence-corrected chi connectivity index (χ3v) is 10.2. The van der Waals surface area contributed by atoms with Crippen LogP contribution in [0, 0.1) is 0 Å². The van der Waals surface area contributed by atoms with E-state index in [4.69, 9.17) is 18.5 Å². The highest BCUT2D eigenvalue weighted by Gasteiger charge is 2.20. The van der Waals surface area contributed by atoms with Gasteiger partial charge in [-0.25, -0.2) is 0 Å². The third kappa shape index (κ3) is 44.8. The monoisotopic (exact) mass is 832 g/mol. The summed E-state index contributed by atoms with van der Waals surface area (Å²) in [5.41, 5.74) is 0. The summed E-state index contributed by atoms with van der Waals surface area (Å²) in [4.78, 5) is 25.0. The summed E-state index contributed by atoms with van der Waals surface area (Å²) in [7, 11) is 1.29. The highest BCUT2D eigenvalue weighted by molar-refractivity contribution is 7.45. The SMILES string of the molecule is CC/C=C\C/C=C\C/C=C\C/C=C\C/C=C\C/C=C\CCC(=O)OC(COCCCCCCCC/C=C\CCCCCCCCC)COP(=O)([O-])OCC[N+](C)(C)C. The molecule has 0 saturated carbocycles. The maximum Gasteiger partial charge on any atom is 0.306 e. The van der Waals surface area contributed by atoms with Gasteiger partial charge in [-0.05, 0) is 77.0 Å². The van der Waals surface area contributed by atoms with Crippen molar-refractivity contribution < 1.29 is 37.3 Å². The number of likely N-dealkylation sites (N-methyl/N-ethyl adjacent to an activating group) is 1. The molecular formula is C49H86NO7P. The first kappa shape index (κ1) is 55.7. The minimum Gasteiger partial charge on any atom is -0.756 e.